The first-order valence-corrected chi connectivity index (χ1v) is 9.94. The SMILES string of the molecule is CC(C)[C@]1(C(=O)N2CCC(O)(c3ccccc3C(F)(F)F)CC2)CC[C@@H](N)C1. The van der Waals surface area contributed by atoms with E-state index in [1.165, 1.54) is 18.2 Å². The lowest BCUT2D eigenvalue weighted by atomic mass is 9.73. The van der Waals surface area contributed by atoms with Crippen molar-refractivity contribution < 1.29 is 23.1 Å². The average molecular weight is 398 g/mol. The number of rotatable bonds is 3. The maximum absolute atomic E-state index is 13.4. The number of likely N-dealkylation sites (tertiary alicyclic amines) is 1. The van der Waals surface area contributed by atoms with Gasteiger partial charge in [0.15, 0.2) is 0 Å². The lowest BCUT2D eigenvalue weighted by Gasteiger charge is -2.44. The van der Waals surface area contributed by atoms with Gasteiger partial charge in [0.05, 0.1) is 16.6 Å². The molecule has 0 radical (unpaired) electrons. The summed E-state index contributed by atoms with van der Waals surface area (Å²) in [4.78, 5) is 15.0. The van der Waals surface area contributed by atoms with Gasteiger partial charge in [0, 0.05) is 19.1 Å². The number of aliphatic hydroxyl groups is 1. The number of hydrogen-bond donors (Lipinski definition) is 2. The van der Waals surface area contributed by atoms with Gasteiger partial charge in [-0.25, -0.2) is 0 Å². The van der Waals surface area contributed by atoms with Gasteiger partial charge in [-0.1, -0.05) is 32.0 Å². The molecule has 2 atom stereocenters. The maximum Gasteiger partial charge on any atom is 0.416 e. The standard InChI is InChI=1S/C21H29F3N2O2/c1-14(2)19(8-7-15(25)13-19)18(27)26-11-9-20(28,10-12-26)16-5-3-4-6-17(16)21(22,23)24/h3-6,14-15,28H,7-13,25H2,1-2H3/t15-,19+/m1/s1. The molecular weight excluding hydrogens is 369 g/mol. The van der Waals surface area contributed by atoms with E-state index < -0.39 is 22.8 Å². The number of halogens is 3. The third-order valence-corrected chi connectivity index (χ3v) is 6.73. The normalized spacial score (nSPS) is 28.0. The molecule has 0 spiro atoms. The van der Waals surface area contributed by atoms with E-state index in [9.17, 15) is 23.1 Å². The van der Waals surface area contributed by atoms with Gasteiger partial charge in [0.2, 0.25) is 5.91 Å². The Hall–Kier alpha value is -1.60. The number of carbonyl (C=O) groups is 1. The Morgan fingerprint density at radius 3 is 2.32 bits per heavy atom. The predicted molar refractivity (Wildman–Crippen MR) is 100 cm³/mol. The van der Waals surface area contributed by atoms with Crippen molar-refractivity contribution in [2.75, 3.05) is 13.1 Å². The van der Waals surface area contributed by atoms with Gasteiger partial charge in [-0.05, 0) is 49.7 Å². The third kappa shape index (κ3) is 3.66. The van der Waals surface area contributed by atoms with Gasteiger partial charge in [0.1, 0.15) is 0 Å². The molecule has 7 heteroatoms. The Morgan fingerprint density at radius 2 is 1.82 bits per heavy atom. The number of piperidine rings is 1. The van der Waals surface area contributed by atoms with Gasteiger partial charge in [0.25, 0.3) is 0 Å². The molecule has 1 aliphatic carbocycles. The molecule has 156 valence electrons. The minimum atomic E-state index is -4.53. The van der Waals surface area contributed by atoms with Crippen molar-refractivity contribution in [3.05, 3.63) is 35.4 Å². The molecule has 1 saturated carbocycles. The summed E-state index contributed by atoms with van der Waals surface area (Å²) in [5, 5.41) is 11.0. The second-order valence-corrected chi connectivity index (χ2v) is 8.68. The summed E-state index contributed by atoms with van der Waals surface area (Å²) in [5.74, 6) is 0.168. The predicted octanol–water partition coefficient (Wildman–Crippen LogP) is 3.67. The average Bonchev–Trinajstić information content (AvgIpc) is 3.04. The van der Waals surface area contributed by atoms with E-state index >= 15 is 0 Å². The summed E-state index contributed by atoms with van der Waals surface area (Å²) in [7, 11) is 0. The number of nitrogens with zero attached hydrogens (tertiary/aromatic N) is 1. The van der Waals surface area contributed by atoms with E-state index in [4.69, 9.17) is 5.73 Å². The highest BCUT2D eigenvalue weighted by molar-refractivity contribution is 5.83. The second kappa shape index (κ2) is 7.34. The lowest BCUT2D eigenvalue weighted by molar-refractivity contribution is -0.151. The van der Waals surface area contributed by atoms with Crippen LogP contribution in [0.25, 0.3) is 0 Å². The molecule has 0 unspecified atom stereocenters. The Labute approximate surface area is 163 Å². The molecule has 0 aromatic heterocycles. The molecule has 1 amide bonds. The largest absolute Gasteiger partial charge is 0.416 e. The van der Waals surface area contributed by atoms with Crippen LogP contribution in [0, 0.1) is 11.3 Å². The van der Waals surface area contributed by atoms with E-state index in [-0.39, 0.29) is 49.4 Å². The molecule has 28 heavy (non-hydrogen) atoms. The highest BCUT2D eigenvalue weighted by Gasteiger charge is 2.50. The first-order chi connectivity index (χ1) is 13.0. The molecule has 1 heterocycles. The molecule has 1 aliphatic heterocycles. The molecular formula is C21H29F3N2O2. The highest BCUT2D eigenvalue weighted by Crippen LogP contribution is 2.47. The van der Waals surface area contributed by atoms with Gasteiger partial charge in [-0.2, -0.15) is 13.2 Å². The zero-order valence-corrected chi connectivity index (χ0v) is 16.4. The van der Waals surface area contributed by atoms with Crippen LogP contribution in [0.2, 0.25) is 0 Å². The van der Waals surface area contributed by atoms with Gasteiger partial charge >= 0.3 is 6.18 Å². The van der Waals surface area contributed by atoms with Crippen molar-refractivity contribution in [2.45, 2.75) is 63.8 Å². The number of carbonyl (C=O) groups excluding carboxylic acids is 1. The van der Waals surface area contributed by atoms with Crippen LogP contribution in [0.3, 0.4) is 0 Å². The zero-order valence-electron chi connectivity index (χ0n) is 16.4. The first kappa shape index (κ1) is 21.1. The summed E-state index contributed by atoms with van der Waals surface area (Å²) in [6.07, 6.45) is -2.16. The number of alkyl halides is 3. The van der Waals surface area contributed by atoms with Crippen LogP contribution in [0.4, 0.5) is 13.2 Å². The molecule has 1 saturated heterocycles. The molecule has 1 aromatic rings. The fraction of sp³-hybridized carbons (Fsp3) is 0.667. The van der Waals surface area contributed by atoms with E-state index in [0.29, 0.717) is 6.42 Å². The summed E-state index contributed by atoms with van der Waals surface area (Å²) in [6, 6.07) is 5.18. The van der Waals surface area contributed by atoms with Crippen molar-refractivity contribution in [2.24, 2.45) is 17.1 Å². The Balaban J connectivity index is 1.79. The van der Waals surface area contributed by atoms with Crippen LogP contribution in [-0.2, 0) is 16.6 Å². The van der Waals surface area contributed by atoms with E-state index in [1.54, 1.807) is 4.90 Å². The van der Waals surface area contributed by atoms with Crippen molar-refractivity contribution in [3.8, 4) is 0 Å². The van der Waals surface area contributed by atoms with Gasteiger partial charge in [-0.15, -0.1) is 0 Å². The molecule has 2 fully saturated rings. The quantitative estimate of drug-likeness (QED) is 0.817. The van der Waals surface area contributed by atoms with Crippen molar-refractivity contribution in [3.63, 3.8) is 0 Å². The fourth-order valence-electron chi connectivity index (χ4n) is 4.88. The fourth-order valence-corrected chi connectivity index (χ4v) is 4.88. The van der Waals surface area contributed by atoms with E-state index in [1.807, 2.05) is 13.8 Å². The number of amides is 1. The summed E-state index contributed by atoms with van der Waals surface area (Å²) >= 11 is 0. The molecule has 3 rings (SSSR count). The number of benzene rings is 1. The summed E-state index contributed by atoms with van der Waals surface area (Å²) in [6.45, 7) is 4.53. The third-order valence-electron chi connectivity index (χ3n) is 6.73. The van der Waals surface area contributed by atoms with Crippen LogP contribution in [-0.4, -0.2) is 35.0 Å². The van der Waals surface area contributed by atoms with Crippen LogP contribution in [0.1, 0.15) is 57.1 Å². The molecule has 3 N–H and O–H groups in total. The van der Waals surface area contributed by atoms with E-state index in [0.717, 1.165) is 18.9 Å². The van der Waals surface area contributed by atoms with Gasteiger partial charge in [-0.3, -0.25) is 4.79 Å². The minimum absolute atomic E-state index is 0.00624. The minimum Gasteiger partial charge on any atom is -0.385 e. The Bertz CT molecular complexity index is 727. The molecule has 0 bridgehead atoms. The number of hydrogen-bond acceptors (Lipinski definition) is 3. The second-order valence-electron chi connectivity index (χ2n) is 8.68. The highest BCUT2D eigenvalue weighted by atomic mass is 19.4. The summed E-state index contributed by atoms with van der Waals surface area (Å²) in [5.41, 5.74) is 3.08. The van der Waals surface area contributed by atoms with Crippen LogP contribution >= 0.6 is 0 Å². The van der Waals surface area contributed by atoms with Crippen LogP contribution in [0.5, 0.6) is 0 Å². The monoisotopic (exact) mass is 398 g/mol. The molecule has 4 nitrogen and oxygen atoms in total. The van der Waals surface area contributed by atoms with E-state index in [2.05, 4.69) is 0 Å². The topological polar surface area (TPSA) is 66.6 Å². The maximum atomic E-state index is 13.4. The Kier molecular flexibility index (Phi) is 5.53. The van der Waals surface area contributed by atoms with Crippen molar-refractivity contribution in [1.82, 2.24) is 4.90 Å². The summed E-state index contributed by atoms with van der Waals surface area (Å²) < 4.78 is 40.1. The van der Waals surface area contributed by atoms with Gasteiger partial charge < -0.3 is 15.7 Å². The smallest absolute Gasteiger partial charge is 0.385 e. The molecule has 2 aliphatic rings. The van der Waals surface area contributed by atoms with Crippen molar-refractivity contribution >= 4 is 5.91 Å². The van der Waals surface area contributed by atoms with Crippen LogP contribution in [0.15, 0.2) is 24.3 Å². The molecule has 1 aromatic carbocycles. The first-order valence-electron chi connectivity index (χ1n) is 9.94. The lowest BCUT2D eigenvalue weighted by Crippen LogP contribution is -2.52. The Morgan fingerprint density at radius 1 is 1.21 bits per heavy atom. The number of nitrogens with two attached hydrogens (primary N) is 1. The van der Waals surface area contributed by atoms with Crippen LogP contribution < -0.4 is 5.73 Å². The zero-order chi connectivity index (χ0) is 20.7. The van der Waals surface area contributed by atoms with Crippen molar-refractivity contribution in [1.29, 1.82) is 0 Å².